The lowest BCUT2D eigenvalue weighted by atomic mass is 9.96. The van der Waals surface area contributed by atoms with Crippen LogP contribution in [0.15, 0.2) is 29.3 Å². The van der Waals surface area contributed by atoms with Crippen LogP contribution in [0.4, 0.5) is 0 Å². The molecule has 25 heavy (non-hydrogen) atoms. The van der Waals surface area contributed by atoms with E-state index in [1.807, 2.05) is 19.2 Å². The van der Waals surface area contributed by atoms with E-state index < -0.39 is 0 Å². The Morgan fingerprint density at radius 1 is 1.36 bits per heavy atom. The van der Waals surface area contributed by atoms with E-state index in [-0.39, 0.29) is 0 Å². The molecule has 0 unspecified atom stereocenters. The standard InChI is InChI=1S/C20H33N3O2/c1-21-20(23(2)13-9-17-10-14-25-15-11-17)22-12-5-7-18-6-4-8-19(16-18)24-3/h4,6,8,16-17H,5,7,9-15H2,1-3H3,(H,21,22). The molecule has 0 aromatic heterocycles. The third-order valence-electron chi connectivity index (χ3n) is 4.85. The van der Waals surface area contributed by atoms with Crippen molar-refractivity contribution in [1.82, 2.24) is 10.2 Å². The van der Waals surface area contributed by atoms with Crippen molar-refractivity contribution in [2.24, 2.45) is 10.9 Å². The summed E-state index contributed by atoms with van der Waals surface area (Å²) in [6.45, 7) is 3.81. The Morgan fingerprint density at radius 2 is 2.16 bits per heavy atom. The SMILES string of the molecule is CN=C(NCCCc1cccc(OC)c1)N(C)CCC1CCOCC1. The number of aryl methyl sites for hydroxylation is 1. The van der Waals surface area contributed by atoms with Gasteiger partial charge in [-0.05, 0) is 55.7 Å². The molecule has 1 N–H and O–H groups in total. The number of aliphatic imine (C=N–C) groups is 1. The van der Waals surface area contributed by atoms with Crippen molar-refractivity contribution in [3.63, 3.8) is 0 Å². The molecule has 0 spiro atoms. The van der Waals surface area contributed by atoms with Crippen LogP contribution in [0.25, 0.3) is 0 Å². The van der Waals surface area contributed by atoms with Crippen molar-refractivity contribution < 1.29 is 9.47 Å². The van der Waals surface area contributed by atoms with Gasteiger partial charge in [0.1, 0.15) is 5.75 Å². The Balaban J connectivity index is 1.66. The molecule has 1 aromatic carbocycles. The number of guanidine groups is 1. The second kappa shape index (κ2) is 11.0. The Kier molecular flexibility index (Phi) is 8.60. The molecule has 1 fully saturated rings. The summed E-state index contributed by atoms with van der Waals surface area (Å²) in [5.41, 5.74) is 1.31. The minimum Gasteiger partial charge on any atom is -0.497 e. The molecule has 0 bridgehead atoms. The highest BCUT2D eigenvalue weighted by atomic mass is 16.5. The lowest BCUT2D eigenvalue weighted by Crippen LogP contribution is -2.40. The lowest BCUT2D eigenvalue weighted by Gasteiger charge is -2.26. The van der Waals surface area contributed by atoms with E-state index in [4.69, 9.17) is 9.47 Å². The number of nitrogens with one attached hydrogen (secondary N) is 1. The topological polar surface area (TPSA) is 46.1 Å². The van der Waals surface area contributed by atoms with Crippen LogP contribution in [0.5, 0.6) is 5.75 Å². The Labute approximate surface area is 152 Å². The van der Waals surface area contributed by atoms with Crippen molar-refractivity contribution in [1.29, 1.82) is 0 Å². The minimum atomic E-state index is 0.794. The molecule has 1 aliphatic rings. The molecular weight excluding hydrogens is 314 g/mol. The highest BCUT2D eigenvalue weighted by molar-refractivity contribution is 5.79. The predicted molar refractivity (Wildman–Crippen MR) is 103 cm³/mol. The molecule has 5 heteroatoms. The molecule has 140 valence electrons. The van der Waals surface area contributed by atoms with Crippen molar-refractivity contribution in [2.45, 2.75) is 32.1 Å². The van der Waals surface area contributed by atoms with Crippen LogP contribution in [-0.4, -0.2) is 58.4 Å². The highest BCUT2D eigenvalue weighted by Gasteiger charge is 2.15. The third kappa shape index (κ3) is 6.94. The Morgan fingerprint density at radius 3 is 2.88 bits per heavy atom. The van der Waals surface area contributed by atoms with E-state index in [1.54, 1.807) is 7.11 Å². The van der Waals surface area contributed by atoms with Gasteiger partial charge in [0.2, 0.25) is 0 Å². The zero-order valence-corrected chi connectivity index (χ0v) is 16.0. The fourth-order valence-electron chi connectivity index (χ4n) is 3.22. The second-order valence-electron chi connectivity index (χ2n) is 6.70. The van der Waals surface area contributed by atoms with Crippen LogP contribution in [0.1, 0.15) is 31.2 Å². The van der Waals surface area contributed by atoms with E-state index in [2.05, 4.69) is 34.4 Å². The largest absolute Gasteiger partial charge is 0.497 e. The monoisotopic (exact) mass is 347 g/mol. The average Bonchev–Trinajstić information content (AvgIpc) is 2.67. The van der Waals surface area contributed by atoms with Gasteiger partial charge in [0, 0.05) is 40.4 Å². The molecule has 1 heterocycles. The Bertz CT molecular complexity index is 527. The maximum atomic E-state index is 5.43. The number of hydrogen-bond acceptors (Lipinski definition) is 3. The number of benzene rings is 1. The molecule has 0 radical (unpaired) electrons. The van der Waals surface area contributed by atoms with Gasteiger partial charge in [0.15, 0.2) is 5.96 Å². The van der Waals surface area contributed by atoms with Gasteiger partial charge in [0.25, 0.3) is 0 Å². The minimum absolute atomic E-state index is 0.794. The van der Waals surface area contributed by atoms with E-state index in [0.29, 0.717) is 0 Å². The first kappa shape index (κ1) is 19.6. The van der Waals surface area contributed by atoms with Crippen LogP contribution in [0.2, 0.25) is 0 Å². The fourth-order valence-corrected chi connectivity index (χ4v) is 3.22. The second-order valence-corrected chi connectivity index (χ2v) is 6.70. The molecule has 1 saturated heterocycles. The molecule has 0 saturated carbocycles. The van der Waals surface area contributed by atoms with E-state index in [1.165, 1.54) is 24.8 Å². The summed E-state index contributed by atoms with van der Waals surface area (Å²) in [5.74, 6) is 2.70. The molecule has 0 atom stereocenters. The van der Waals surface area contributed by atoms with Crippen LogP contribution >= 0.6 is 0 Å². The Hall–Kier alpha value is -1.75. The van der Waals surface area contributed by atoms with Gasteiger partial charge in [-0.3, -0.25) is 4.99 Å². The van der Waals surface area contributed by atoms with Gasteiger partial charge in [-0.15, -0.1) is 0 Å². The van der Waals surface area contributed by atoms with E-state index in [0.717, 1.165) is 56.8 Å². The molecule has 1 aliphatic heterocycles. The normalized spacial score (nSPS) is 15.9. The van der Waals surface area contributed by atoms with Crippen LogP contribution in [0, 0.1) is 5.92 Å². The lowest BCUT2D eigenvalue weighted by molar-refractivity contribution is 0.0625. The number of hydrogen-bond donors (Lipinski definition) is 1. The van der Waals surface area contributed by atoms with Crippen LogP contribution < -0.4 is 10.1 Å². The summed E-state index contributed by atoms with van der Waals surface area (Å²) in [7, 11) is 5.69. The number of ether oxygens (including phenoxy) is 2. The van der Waals surface area contributed by atoms with Gasteiger partial charge in [-0.25, -0.2) is 0 Å². The van der Waals surface area contributed by atoms with Crippen molar-refractivity contribution >= 4 is 5.96 Å². The number of nitrogens with zero attached hydrogens (tertiary/aromatic N) is 2. The number of rotatable bonds is 8. The summed E-state index contributed by atoms with van der Waals surface area (Å²) in [5, 5.41) is 3.48. The molecule has 1 aromatic rings. The van der Waals surface area contributed by atoms with Gasteiger partial charge in [0.05, 0.1) is 7.11 Å². The maximum absolute atomic E-state index is 5.43. The van der Waals surface area contributed by atoms with Crippen molar-refractivity contribution in [2.75, 3.05) is 47.5 Å². The first-order chi connectivity index (χ1) is 12.2. The van der Waals surface area contributed by atoms with Gasteiger partial charge in [-0.1, -0.05) is 12.1 Å². The molecule has 5 nitrogen and oxygen atoms in total. The summed E-state index contributed by atoms with van der Waals surface area (Å²) in [6, 6.07) is 8.29. The predicted octanol–water partition coefficient (Wildman–Crippen LogP) is 2.95. The van der Waals surface area contributed by atoms with Crippen molar-refractivity contribution in [3.8, 4) is 5.75 Å². The van der Waals surface area contributed by atoms with Gasteiger partial charge in [-0.2, -0.15) is 0 Å². The summed E-state index contributed by atoms with van der Waals surface area (Å²) < 4.78 is 10.7. The average molecular weight is 348 g/mol. The summed E-state index contributed by atoms with van der Waals surface area (Å²) in [6.07, 6.45) is 5.71. The molecule has 2 rings (SSSR count). The fraction of sp³-hybridized carbons (Fsp3) is 0.650. The van der Waals surface area contributed by atoms with Gasteiger partial charge < -0.3 is 19.7 Å². The third-order valence-corrected chi connectivity index (χ3v) is 4.85. The van der Waals surface area contributed by atoms with Crippen LogP contribution in [-0.2, 0) is 11.2 Å². The highest BCUT2D eigenvalue weighted by Crippen LogP contribution is 2.18. The zero-order chi connectivity index (χ0) is 17.9. The molecule has 0 aliphatic carbocycles. The maximum Gasteiger partial charge on any atom is 0.193 e. The first-order valence-electron chi connectivity index (χ1n) is 9.35. The number of methoxy groups -OCH3 is 1. The first-order valence-corrected chi connectivity index (χ1v) is 9.35. The molecule has 0 amide bonds. The van der Waals surface area contributed by atoms with E-state index >= 15 is 0 Å². The van der Waals surface area contributed by atoms with Gasteiger partial charge >= 0.3 is 0 Å². The smallest absolute Gasteiger partial charge is 0.193 e. The van der Waals surface area contributed by atoms with Crippen LogP contribution in [0.3, 0.4) is 0 Å². The zero-order valence-electron chi connectivity index (χ0n) is 16.0. The quantitative estimate of drug-likeness (QED) is 0.446. The van der Waals surface area contributed by atoms with Crippen molar-refractivity contribution in [3.05, 3.63) is 29.8 Å². The molecular formula is C20H33N3O2. The van der Waals surface area contributed by atoms with E-state index in [9.17, 15) is 0 Å². The summed E-state index contributed by atoms with van der Waals surface area (Å²) in [4.78, 5) is 6.65. The summed E-state index contributed by atoms with van der Waals surface area (Å²) >= 11 is 0.